The van der Waals surface area contributed by atoms with Crippen molar-refractivity contribution < 1.29 is 23.7 Å². The van der Waals surface area contributed by atoms with E-state index in [1.807, 2.05) is 0 Å². The van der Waals surface area contributed by atoms with Crippen molar-refractivity contribution in [1.29, 1.82) is 0 Å². The van der Waals surface area contributed by atoms with Gasteiger partial charge in [-0.3, -0.25) is 0 Å². The van der Waals surface area contributed by atoms with Crippen LogP contribution in [0.2, 0.25) is 18.1 Å². The summed E-state index contributed by atoms with van der Waals surface area (Å²) in [4.78, 5) is 2.89. The number of aliphatic hydroxyl groups is 1. The first-order valence-electron chi connectivity index (χ1n) is 9.20. The highest BCUT2D eigenvalue weighted by Crippen LogP contribution is 2.46. The Balaban J connectivity index is 2.26. The molecule has 2 saturated heterocycles. The number of hydrogen-bond donors (Lipinski definition) is 1. The molecule has 0 aromatic carbocycles. The van der Waals surface area contributed by atoms with E-state index in [1.165, 1.54) is 0 Å². The molecule has 1 N–H and O–H groups in total. The van der Waals surface area contributed by atoms with Crippen molar-refractivity contribution in [3.05, 3.63) is 10.4 Å². The van der Waals surface area contributed by atoms with Crippen molar-refractivity contribution >= 4 is 8.32 Å². The number of rotatable bonds is 5. The molecule has 2 aliphatic rings. The molecule has 2 fully saturated rings. The SMILES string of the molecule is CC(C)C(C)(C)[Si](C)(C)O[C@@H]1OC2COC(C)(C)O[C@H]2[C@H](O)C1N=[N+]=[N-]. The van der Waals surface area contributed by atoms with Crippen molar-refractivity contribution in [2.24, 2.45) is 11.0 Å². The summed E-state index contributed by atoms with van der Waals surface area (Å²) in [5, 5.41) is 14.6. The van der Waals surface area contributed by atoms with Crippen LogP contribution in [-0.2, 0) is 18.6 Å². The molecular formula is C17H33N3O5Si. The molecule has 0 aliphatic carbocycles. The van der Waals surface area contributed by atoms with Gasteiger partial charge in [0.25, 0.3) is 0 Å². The van der Waals surface area contributed by atoms with Gasteiger partial charge in [-0.2, -0.15) is 0 Å². The third kappa shape index (κ3) is 4.09. The second kappa shape index (κ2) is 7.39. The zero-order valence-electron chi connectivity index (χ0n) is 17.1. The monoisotopic (exact) mass is 387 g/mol. The lowest BCUT2D eigenvalue weighted by molar-refractivity contribution is -0.361. The third-order valence-electron chi connectivity index (χ3n) is 6.25. The highest BCUT2D eigenvalue weighted by molar-refractivity contribution is 6.74. The van der Waals surface area contributed by atoms with Gasteiger partial charge in [-0.1, -0.05) is 32.8 Å². The molecule has 0 amide bonds. The number of ether oxygens (including phenoxy) is 3. The van der Waals surface area contributed by atoms with Crippen LogP contribution < -0.4 is 0 Å². The van der Waals surface area contributed by atoms with E-state index >= 15 is 0 Å². The van der Waals surface area contributed by atoms with E-state index in [0.29, 0.717) is 5.92 Å². The van der Waals surface area contributed by atoms with Crippen LogP contribution in [0.4, 0.5) is 0 Å². The van der Waals surface area contributed by atoms with E-state index in [9.17, 15) is 5.11 Å². The molecule has 2 unspecified atom stereocenters. The van der Waals surface area contributed by atoms with Crippen LogP contribution in [0.5, 0.6) is 0 Å². The van der Waals surface area contributed by atoms with Gasteiger partial charge in [-0.25, -0.2) is 0 Å². The predicted molar refractivity (Wildman–Crippen MR) is 100.0 cm³/mol. The quantitative estimate of drug-likeness (QED) is 0.336. The first-order valence-corrected chi connectivity index (χ1v) is 12.1. The maximum atomic E-state index is 10.8. The Morgan fingerprint density at radius 2 is 1.96 bits per heavy atom. The lowest BCUT2D eigenvalue weighted by Gasteiger charge is -2.51. The van der Waals surface area contributed by atoms with Crippen LogP contribution in [0.1, 0.15) is 41.5 Å². The van der Waals surface area contributed by atoms with Gasteiger partial charge in [-0.05, 0) is 43.4 Å². The molecule has 0 radical (unpaired) electrons. The molecule has 5 atom stereocenters. The number of hydrogen-bond acceptors (Lipinski definition) is 6. The van der Waals surface area contributed by atoms with Crippen molar-refractivity contribution in [2.45, 2.75) is 96.1 Å². The van der Waals surface area contributed by atoms with Crippen molar-refractivity contribution in [1.82, 2.24) is 0 Å². The third-order valence-corrected chi connectivity index (χ3v) is 10.7. The van der Waals surface area contributed by atoms with Gasteiger partial charge in [0.2, 0.25) is 0 Å². The van der Waals surface area contributed by atoms with E-state index < -0.39 is 44.7 Å². The normalized spacial score (nSPS) is 34.9. The second-order valence-corrected chi connectivity index (χ2v) is 13.6. The van der Waals surface area contributed by atoms with Crippen LogP contribution in [-0.4, -0.2) is 56.5 Å². The maximum Gasteiger partial charge on any atom is 0.196 e. The van der Waals surface area contributed by atoms with E-state index in [2.05, 4.69) is 50.8 Å². The number of nitrogens with zero attached hydrogens (tertiary/aromatic N) is 3. The Labute approximate surface area is 156 Å². The maximum absolute atomic E-state index is 10.8. The predicted octanol–water partition coefficient (Wildman–Crippen LogP) is 3.56. The van der Waals surface area contributed by atoms with Crippen molar-refractivity contribution in [3.8, 4) is 0 Å². The molecule has 2 heterocycles. The molecule has 0 saturated carbocycles. The topological polar surface area (TPSA) is 106 Å². The molecule has 2 aliphatic heterocycles. The van der Waals surface area contributed by atoms with Gasteiger partial charge in [0, 0.05) is 4.91 Å². The molecular weight excluding hydrogens is 354 g/mol. The summed E-state index contributed by atoms with van der Waals surface area (Å²) in [6.07, 6.45) is -2.95. The minimum absolute atomic E-state index is 0.0410. The highest BCUT2D eigenvalue weighted by atomic mass is 28.4. The van der Waals surface area contributed by atoms with Gasteiger partial charge in [0.15, 0.2) is 20.4 Å². The minimum Gasteiger partial charge on any atom is -0.392 e. The first-order chi connectivity index (χ1) is 11.8. The Kier molecular flexibility index (Phi) is 6.15. The van der Waals surface area contributed by atoms with E-state index in [1.54, 1.807) is 13.8 Å². The molecule has 0 bridgehead atoms. The highest BCUT2D eigenvalue weighted by Gasteiger charge is 2.54. The average molecular weight is 388 g/mol. The summed E-state index contributed by atoms with van der Waals surface area (Å²) in [5.74, 6) is -0.418. The van der Waals surface area contributed by atoms with E-state index in [0.717, 1.165) is 0 Å². The van der Waals surface area contributed by atoms with Gasteiger partial charge in [-0.15, -0.1) is 0 Å². The summed E-state index contributed by atoms with van der Waals surface area (Å²) < 4.78 is 24.0. The van der Waals surface area contributed by atoms with Crippen molar-refractivity contribution in [2.75, 3.05) is 6.61 Å². The molecule has 26 heavy (non-hydrogen) atoms. The first kappa shape index (κ1) is 21.6. The molecule has 0 aromatic heterocycles. The summed E-state index contributed by atoms with van der Waals surface area (Å²) in [5.41, 5.74) is 8.98. The zero-order chi connectivity index (χ0) is 19.9. The Hall–Kier alpha value is -0.673. The fraction of sp³-hybridized carbons (Fsp3) is 1.00. The largest absolute Gasteiger partial charge is 0.392 e. The molecule has 9 heteroatoms. The van der Waals surface area contributed by atoms with E-state index in [4.69, 9.17) is 24.2 Å². The molecule has 150 valence electrons. The van der Waals surface area contributed by atoms with Crippen molar-refractivity contribution in [3.63, 3.8) is 0 Å². The van der Waals surface area contributed by atoms with Crippen LogP contribution >= 0.6 is 0 Å². The fourth-order valence-corrected chi connectivity index (χ4v) is 5.72. The molecule has 2 rings (SSSR count). The standard InChI is InChI=1S/C17H33N3O5Si/c1-10(2)16(3,4)26(7,8)25-15-12(19-20-18)13(21)14-11(23-15)9-22-17(5,6)24-14/h10-15,21H,9H2,1-8H3/t11?,12?,13-,14-,15+/m1/s1. The lowest BCUT2D eigenvalue weighted by Crippen LogP contribution is -2.65. The summed E-state index contributed by atoms with van der Waals surface area (Å²) in [7, 11) is -2.27. The lowest BCUT2D eigenvalue weighted by atomic mass is 9.96. The fourth-order valence-electron chi connectivity index (χ4n) is 3.25. The molecule has 8 nitrogen and oxygen atoms in total. The van der Waals surface area contributed by atoms with Crippen LogP contribution in [0.3, 0.4) is 0 Å². The van der Waals surface area contributed by atoms with Gasteiger partial charge < -0.3 is 23.7 Å². The number of azide groups is 1. The molecule has 0 spiro atoms. The van der Waals surface area contributed by atoms with E-state index in [-0.39, 0.29) is 11.6 Å². The Bertz CT molecular complexity index is 563. The Morgan fingerprint density at radius 1 is 1.35 bits per heavy atom. The minimum atomic E-state index is -2.27. The average Bonchev–Trinajstić information content (AvgIpc) is 2.51. The van der Waals surface area contributed by atoms with Gasteiger partial charge in [0.05, 0.1) is 12.7 Å². The van der Waals surface area contributed by atoms with Crippen LogP contribution in [0.15, 0.2) is 5.11 Å². The van der Waals surface area contributed by atoms with Crippen LogP contribution in [0.25, 0.3) is 10.4 Å². The smallest absolute Gasteiger partial charge is 0.196 e. The number of aliphatic hydroxyl groups excluding tert-OH is 1. The number of fused-ring (bicyclic) bond motifs is 1. The second-order valence-electron chi connectivity index (χ2n) is 9.03. The Morgan fingerprint density at radius 3 is 2.50 bits per heavy atom. The molecule has 0 aromatic rings. The summed E-state index contributed by atoms with van der Waals surface area (Å²) in [6.45, 7) is 16.8. The zero-order valence-corrected chi connectivity index (χ0v) is 18.1. The van der Waals surface area contributed by atoms with Gasteiger partial charge in [0.1, 0.15) is 18.2 Å². The van der Waals surface area contributed by atoms with Crippen LogP contribution in [0, 0.1) is 5.92 Å². The summed E-state index contributed by atoms with van der Waals surface area (Å²) >= 11 is 0. The summed E-state index contributed by atoms with van der Waals surface area (Å²) in [6, 6.07) is -0.870. The van der Waals surface area contributed by atoms with Gasteiger partial charge >= 0.3 is 0 Å².